The number of fused-ring (bicyclic) bond motifs is 1. The summed E-state index contributed by atoms with van der Waals surface area (Å²) >= 11 is 6.44. The van der Waals surface area contributed by atoms with Gasteiger partial charge in [-0.1, -0.05) is 17.7 Å². The van der Waals surface area contributed by atoms with Crippen LogP contribution >= 0.6 is 11.6 Å². The lowest BCUT2D eigenvalue weighted by Crippen LogP contribution is -2.48. The maximum absolute atomic E-state index is 10.6. The van der Waals surface area contributed by atoms with Crippen molar-refractivity contribution < 1.29 is 14.3 Å². The number of rotatable bonds is 9. The van der Waals surface area contributed by atoms with Crippen molar-refractivity contribution in [2.75, 3.05) is 30.7 Å². The van der Waals surface area contributed by atoms with E-state index in [0.29, 0.717) is 59.8 Å². The molecule has 2 aromatic carbocycles. The van der Waals surface area contributed by atoms with E-state index in [4.69, 9.17) is 26.8 Å². The zero-order valence-electron chi connectivity index (χ0n) is 18.6. The summed E-state index contributed by atoms with van der Waals surface area (Å²) in [5, 5.41) is 4.48. The molecule has 2 aromatic heterocycles. The Hall–Kier alpha value is -4.11. The van der Waals surface area contributed by atoms with Crippen LogP contribution in [-0.2, 0) is 11.4 Å². The minimum absolute atomic E-state index is 0.273. The molecule has 1 saturated heterocycles. The Morgan fingerprint density at radius 3 is 2.74 bits per heavy atom. The SMILES string of the molecule is Nc1cc2c(Nc3ccc(OCc4ccccn4)c(Cl)c3)ncnc2cc1OCC1CN([C]=O)C1. The van der Waals surface area contributed by atoms with Crippen molar-refractivity contribution in [3.05, 3.63) is 71.8 Å². The zero-order chi connectivity index (χ0) is 24.2. The third-order valence-corrected chi connectivity index (χ3v) is 5.92. The number of anilines is 3. The summed E-state index contributed by atoms with van der Waals surface area (Å²) in [5.41, 5.74) is 8.96. The van der Waals surface area contributed by atoms with Gasteiger partial charge >= 0.3 is 6.41 Å². The van der Waals surface area contributed by atoms with Crippen LogP contribution in [0.1, 0.15) is 5.69 Å². The van der Waals surface area contributed by atoms with Crippen LogP contribution in [-0.4, -0.2) is 46.0 Å². The molecule has 0 aliphatic carbocycles. The van der Waals surface area contributed by atoms with Crippen molar-refractivity contribution in [3.63, 3.8) is 0 Å². The molecule has 0 spiro atoms. The van der Waals surface area contributed by atoms with E-state index in [-0.39, 0.29) is 5.92 Å². The number of nitrogens with one attached hydrogen (secondary N) is 1. The molecule has 0 atom stereocenters. The lowest BCUT2D eigenvalue weighted by atomic mass is 10.0. The molecule has 10 heteroatoms. The Bertz CT molecular complexity index is 1350. The van der Waals surface area contributed by atoms with Gasteiger partial charge in [-0.05, 0) is 36.4 Å². The largest absolute Gasteiger partial charge is 0.491 e. The van der Waals surface area contributed by atoms with Crippen molar-refractivity contribution in [1.82, 2.24) is 19.9 Å². The first kappa shape index (κ1) is 22.7. The van der Waals surface area contributed by atoms with Crippen molar-refractivity contribution in [2.24, 2.45) is 5.92 Å². The van der Waals surface area contributed by atoms with E-state index in [2.05, 4.69) is 20.3 Å². The molecule has 1 radical (unpaired) electrons. The summed E-state index contributed by atoms with van der Waals surface area (Å²) in [5.74, 6) is 1.97. The Labute approximate surface area is 206 Å². The van der Waals surface area contributed by atoms with Crippen LogP contribution in [0.3, 0.4) is 0 Å². The van der Waals surface area contributed by atoms with Gasteiger partial charge in [0, 0.05) is 42.3 Å². The Morgan fingerprint density at radius 2 is 1.97 bits per heavy atom. The molecule has 1 amide bonds. The van der Waals surface area contributed by atoms with Crippen LogP contribution in [0, 0.1) is 5.92 Å². The van der Waals surface area contributed by atoms with Gasteiger partial charge in [0.15, 0.2) is 0 Å². The van der Waals surface area contributed by atoms with E-state index in [9.17, 15) is 4.79 Å². The van der Waals surface area contributed by atoms with E-state index >= 15 is 0 Å². The smallest absolute Gasteiger partial charge is 0.312 e. The highest BCUT2D eigenvalue weighted by molar-refractivity contribution is 6.32. The molecular formula is C25H22ClN6O3. The minimum Gasteiger partial charge on any atom is -0.491 e. The van der Waals surface area contributed by atoms with Gasteiger partial charge in [-0.3, -0.25) is 9.78 Å². The van der Waals surface area contributed by atoms with Gasteiger partial charge in [-0.15, -0.1) is 0 Å². The molecule has 0 unspecified atom stereocenters. The summed E-state index contributed by atoms with van der Waals surface area (Å²) in [7, 11) is 0. The molecule has 35 heavy (non-hydrogen) atoms. The van der Waals surface area contributed by atoms with Crippen LogP contribution in [0.25, 0.3) is 10.9 Å². The van der Waals surface area contributed by atoms with Gasteiger partial charge in [-0.2, -0.15) is 0 Å². The molecule has 5 rings (SSSR count). The first-order valence-electron chi connectivity index (χ1n) is 11.0. The average molecular weight is 490 g/mol. The van der Waals surface area contributed by atoms with E-state index in [0.717, 1.165) is 16.8 Å². The second-order valence-corrected chi connectivity index (χ2v) is 8.59. The van der Waals surface area contributed by atoms with Crippen LogP contribution < -0.4 is 20.5 Å². The Kier molecular flexibility index (Phi) is 6.49. The fourth-order valence-electron chi connectivity index (χ4n) is 3.75. The highest BCUT2D eigenvalue weighted by atomic mass is 35.5. The van der Waals surface area contributed by atoms with Gasteiger partial charge in [-0.25, -0.2) is 9.97 Å². The number of hydrogen-bond donors (Lipinski definition) is 2. The fraction of sp³-hybridized carbons (Fsp3) is 0.200. The van der Waals surface area contributed by atoms with Crippen LogP contribution in [0.2, 0.25) is 5.02 Å². The molecule has 4 aromatic rings. The second-order valence-electron chi connectivity index (χ2n) is 8.18. The Balaban J connectivity index is 1.28. The molecule has 3 N–H and O–H groups in total. The summed E-state index contributed by atoms with van der Waals surface area (Å²) in [6.07, 6.45) is 5.06. The maximum atomic E-state index is 10.6. The van der Waals surface area contributed by atoms with Crippen molar-refractivity contribution >= 4 is 46.1 Å². The van der Waals surface area contributed by atoms with Gasteiger partial charge in [0.25, 0.3) is 0 Å². The summed E-state index contributed by atoms with van der Waals surface area (Å²) in [6, 6.07) is 14.6. The van der Waals surface area contributed by atoms with Gasteiger partial charge in [0.1, 0.15) is 30.3 Å². The number of nitrogens with zero attached hydrogens (tertiary/aromatic N) is 4. The minimum atomic E-state index is 0.273. The van der Waals surface area contributed by atoms with E-state index < -0.39 is 0 Å². The van der Waals surface area contributed by atoms with Crippen LogP contribution in [0.15, 0.2) is 61.1 Å². The van der Waals surface area contributed by atoms with Crippen molar-refractivity contribution in [2.45, 2.75) is 6.61 Å². The third kappa shape index (κ3) is 5.20. The fourth-order valence-corrected chi connectivity index (χ4v) is 3.99. The van der Waals surface area contributed by atoms with Gasteiger partial charge in [0.2, 0.25) is 0 Å². The highest BCUT2D eigenvalue weighted by Gasteiger charge is 2.26. The molecular weight excluding hydrogens is 468 g/mol. The first-order valence-corrected chi connectivity index (χ1v) is 11.4. The van der Waals surface area contributed by atoms with Crippen LogP contribution in [0.5, 0.6) is 11.5 Å². The summed E-state index contributed by atoms with van der Waals surface area (Å²) < 4.78 is 11.7. The monoisotopic (exact) mass is 489 g/mol. The number of ether oxygens (including phenoxy) is 2. The Morgan fingerprint density at radius 1 is 1.09 bits per heavy atom. The number of hydrogen-bond acceptors (Lipinski definition) is 8. The number of benzene rings is 2. The maximum Gasteiger partial charge on any atom is 0.312 e. The number of nitrogens with two attached hydrogens (primary N) is 1. The van der Waals surface area contributed by atoms with E-state index in [1.807, 2.05) is 30.7 Å². The van der Waals surface area contributed by atoms with E-state index in [1.165, 1.54) is 6.33 Å². The number of nitrogen functional groups attached to an aromatic ring is 1. The normalized spacial score (nSPS) is 13.3. The standard InChI is InChI=1S/C25H22ClN6O3/c26-20-7-17(4-5-23(20)35-13-18-3-1-2-6-28-18)31-25-19-8-21(27)24(9-22(19)29-14-30-25)34-12-16-10-32(11-16)15-33/h1-9,14,16H,10-13,27H2,(H,29,30,31). The summed E-state index contributed by atoms with van der Waals surface area (Å²) in [6.45, 7) is 2.07. The van der Waals surface area contributed by atoms with E-state index in [1.54, 1.807) is 35.4 Å². The quantitative estimate of drug-likeness (QED) is 0.339. The lowest BCUT2D eigenvalue weighted by Gasteiger charge is -2.35. The number of halogens is 1. The number of pyridine rings is 1. The predicted molar refractivity (Wildman–Crippen MR) is 134 cm³/mol. The van der Waals surface area contributed by atoms with Crippen molar-refractivity contribution in [1.29, 1.82) is 0 Å². The number of carbonyl (C=O) groups excluding carboxylic acids is 1. The van der Waals surface area contributed by atoms with Gasteiger partial charge < -0.3 is 25.4 Å². The third-order valence-electron chi connectivity index (χ3n) is 5.62. The molecule has 9 nitrogen and oxygen atoms in total. The molecule has 0 saturated carbocycles. The lowest BCUT2D eigenvalue weighted by molar-refractivity contribution is 0.118. The number of aromatic nitrogens is 3. The number of likely N-dealkylation sites (tertiary alicyclic amines) is 1. The molecule has 177 valence electrons. The second kappa shape index (κ2) is 10.0. The molecule has 1 fully saturated rings. The molecule has 3 heterocycles. The average Bonchev–Trinajstić information content (AvgIpc) is 2.84. The topological polar surface area (TPSA) is 115 Å². The molecule has 0 bridgehead atoms. The predicted octanol–water partition coefficient (Wildman–Crippen LogP) is 3.96. The molecule has 1 aliphatic heterocycles. The number of amides is 1. The molecule has 1 aliphatic rings. The van der Waals surface area contributed by atoms with Crippen molar-refractivity contribution in [3.8, 4) is 11.5 Å². The summed E-state index contributed by atoms with van der Waals surface area (Å²) in [4.78, 5) is 25.1. The van der Waals surface area contributed by atoms with Gasteiger partial charge in [0.05, 0.1) is 28.5 Å². The van der Waals surface area contributed by atoms with Crippen LogP contribution in [0.4, 0.5) is 17.2 Å². The zero-order valence-corrected chi connectivity index (χ0v) is 19.4. The first-order chi connectivity index (χ1) is 17.1. The highest BCUT2D eigenvalue weighted by Crippen LogP contribution is 2.34.